The molecule has 4 fully saturated rings. The highest BCUT2D eigenvalue weighted by Crippen LogP contribution is 2.32. The molecule has 11 nitrogen and oxygen atoms in total. The van der Waals surface area contributed by atoms with Crippen molar-refractivity contribution >= 4 is 63.8 Å². The summed E-state index contributed by atoms with van der Waals surface area (Å²) in [6, 6.07) is 13.0. The van der Waals surface area contributed by atoms with E-state index in [1.165, 1.54) is 105 Å². The zero-order chi connectivity index (χ0) is 35.4. The van der Waals surface area contributed by atoms with Gasteiger partial charge >= 0.3 is 0 Å². The van der Waals surface area contributed by atoms with Crippen LogP contribution in [-0.4, -0.2) is 101 Å². The highest BCUT2D eigenvalue weighted by atomic mass is 35.5. The summed E-state index contributed by atoms with van der Waals surface area (Å²) in [4.78, 5) is 17.2. The molecule has 5 N–H and O–H groups in total. The van der Waals surface area contributed by atoms with E-state index in [0.717, 1.165) is 61.5 Å². The van der Waals surface area contributed by atoms with Crippen LogP contribution in [0.15, 0.2) is 36.4 Å². The highest BCUT2D eigenvalue weighted by molar-refractivity contribution is 7.17. The lowest BCUT2D eigenvalue weighted by Gasteiger charge is -2.39. The van der Waals surface area contributed by atoms with Gasteiger partial charge in [0.15, 0.2) is 6.29 Å². The van der Waals surface area contributed by atoms with Gasteiger partial charge in [-0.05, 0) is 102 Å². The molecule has 278 valence electrons. The van der Waals surface area contributed by atoms with E-state index in [1.54, 1.807) is 23.5 Å². The molecule has 0 bridgehead atoms. The van der Waals surface area contributed by atoms with Gasteiger partial charge in [0, 0.05) is 78.7 Å². The molecule has 4 aromatic heterocycles. The lowest BCUT2D eigenvalue weighted by Crippen LogP contribution is -2.43. The number of halogens is 2. The van der Waals surface area contributed by atoms with Crippen molar-refractivity contribution in [3.05, 3.63) is 66.2 Å². The van der Waals surface area contributed by atoms with E-state index in [9.17, 15) is 4.79 Å². The number of carbonyl (C=O) groups is 1. The van der Waals surface area contributed by atoms with Crippen molar-refractivity contribution in [2.75, 3.05) is 63.7 Å². The number of hydrogen-bond acceptors (Lipinski definition) is 11. The first kappa shape index (κ1) is 38.2. The second-order valence-corrected chi connectivity index (χ2v) is 17.1. The van der Waals surface area contributed by atoms with Crippen LogP contribution in [0.4, 0.5) is 11.6 Å². The van der Waals surface area contributed by atoms with Crippen LogP contribution in [0, 0.1) is 0 Å². The van der Waals surface area contributed by atoms with Crippen molar-refractivity contribution < 1.29 is 14.3 Å². The summed E-state index contributed by atoms with van der Waals surface area (Å²) < 4.78 is 12.4. The largest absolute Gasteiger partial charge is 0.382 e. The van der Waals surface area contributed by atoms with Gasteiger partial charge in [-0.15, -0.1) is 22.7 Å². The second-order valence-electron chi connectivity index (χ2n) is 13.6. The van der Waals surface area contributed by atoms with E-state index in [4.69, 9.17) is 38.4 Å². The van der Waals surface area contributed by atoms with Crippen LogP contribution in [-0.2, 0) is 16.0 Å². The number of carbonyl (C=O) groups excluding carboxylic acids is 1. The molecule has 51 heavy (non-hydrogen) atoms. The number of anilines is 2. The number of thiophene rings is 2. The molecule has 0 unspecified atom stereocenters. The van der Waals surface area contributed by atoms with Crippen molar-refractivity contribution in [1.29, 1.82) is 0 Å². The molecule has 4 saturated heterocycles. The van der Waals surface area contributed by atoms with Crippen molar-refractivity contribution in [3.63, 3.8) is 0 Å². The Morgan fingerprint density at radius 2 is 1.29 bits per heavy atom. The Bertz CT molecular complexity index is 1600. The molecule has 0 saturated carbocycles. The lowest BCUT2D eigenvalue weighted by molar-refractivity contribution is 0.0249. The van der Waals surface area contributed by atoms with Gasteiger partial charge in [-0.1, -0.05) is 23.2 Å². The van der Waals surface area contributed by atoms with Crippen molar-refractivity contribution in [2.45, 2.75) is 81.8 Å². The number of H-pyrrole nitrogens is 2. The molecule has 0 amide bonds. The number of aromatic nitrogens is 4. The molecule has 0 atom stereocenters. The van der Waals surface area contributed by atoms with Crippen LogP contribution in [0.3, 0.4) is 0 Å². The van der Waals surface area contributed by atoms with E-state index in [2.05, 4.69) is 47.6 Å². The van der Waals surface area contributed by atoms with Gasteiger partial charge in [-0.3, -0.25) is 15.0 Å². The van der Waals surface area contributed by atoms with E-state index < -0.39 is 0 Å². The summed E-state index contributed by atoms with van der Waals surface area (Å²) in [6.45, 7) is 9.23. The molecule has 8 heterocycles. The summed E-state index contributed by atoms with van der Waals surface area (Å²) in [5.41, 5.74) is 8.13. The third kappa shape index (κ3) is 11.5. The number of nitrogens with one attached hydrogen (secondary N) is 3. The second kappa shape index (κ2) is 19.5. The number of likely N-dealkylation sites (tertiary alicyclic amines) is 2. The predicted molar refractivity (Wildman–Crippen MR) is 208 cm³/mol. The topological polar surface area (TPSA) is 137 Å². The number of hydrogen-bond donors (Lipinski definition) is 4. The molecule has 0 spiro atoms. The van der Waals surface area contributed by atoms with Crippen LogP contribution in [0.5, 0.6) is 0 Å². The van der Waals surface area contributed by atoms with Gasteiger partial charge in [0.1, 0.15) is 11.6 Å². The Labute approximate surface area is 318 Å². The van der Waals surface area contributed by atoms with Gasteiger partial charge in [0.25, 0.3) is 0 Å². The first-order valence-corrected chi connectivity index (χ1v) is 20.5. The third-order valence-corrected chi connectivity index (χ3v) is 12.7. The number of nitrogens with zero attached hydrogens (tertiary/aromatic N) is 4. The number of nitrogen functional groups attached to an aromatic ring is 1. The van der Waals surface area contributed by atoms with Crippen LogP contribution in [0.2, 0.25) is 8.67 Å². The summed E-state index contributed by atoms with van der Waals surface area (Å²) in [5.74, 6) is 2.73. The third-order valence-electron chi connectivity index (χ3n) is 10.4. The molecule has 4 aliphatic rings. The molecule has 4 aromatic rings. The Kier molecular flexibility index (Phi) is 14.7. The predicted octanol–water partition coefficient (Wildman–Crippen LogP) is 7.66. The molecule has 4 aliphatic heterocycles. The molecule has 0 aromatic carbocycles. The maximum atomic E-state index is 9.97. The molecule has 0 aliphatic carbocycles. The van der Waals surface area contributed by atoms with E-state index in [0.29, 0.717) is 26.9 Å². The summed E-state index contributed by atoms with van der Waals surface area (Å²) in [6.07, 6.45) is 10.4. The van der Waals surface area contributed by atoms with Gasteiger partial charge in [-0.2, -0.15) is 10.2 Å². The summed E-state index contributed by atoms with van der Waals surface area (Å²) in [7, 11) is 0. The number of aldehydes is 1. The smallest absolute Gasteiger partial charge is 0.160 e. The molecular weight excluding hydrogens is 727 g/mol. The lowest BCUT2D eigenvalue weighted by atomic mass is 9.92. The van der Waals surface area contributed by atoms with Crippen molar-refractivity contribution in [3.8, 4) is 0 Å². The minimum atomic E-state index is 0.593. The van der Waals surface area contributed by atoms with Crippen molar-refractivity contribution in [2.24, 2.45) is 0 Å². The zero-order valence-corrected chi connectivity index (χ0v) is 32.2. The maximum Gasteiger partial charge on any atom is 0.160 e. The molecule has 0 radical (unpaired) electrons. The summed E-state index contributed by atoms with van der Waals surface area (Å²) >= 11 is 14.4. The molecule has 15 heteroatoms. The fraction of sp³-hybridized carbons (Fsp3) is 0.583. The first-order chi connectivity index (χ1) is 24.9. The zero-order valence-electron chi connectivity index (χ0n) is 29.0. The van der Waals surface area contributed by atoms with Crippen molar-refractivity contribution in [1.82, 2.24) is 30.2 Å². The van der Waals surface area contributed by atoms with Gasteiger partial charge in [0.05, 0.1) is 20.1 Å². The minimum Gasteiger partial charge on any atom is -0.382 e. The first-order valence-electron chi connectivity index (χ1n) is 18.1. The van der Waals surface area contributed by atoms with E-state index in [-0.39, 0.29) is 0 Å². The molecular formula is C36H50Cl2N8O3S2. The SMILES string of the molecule is Clc1ccc(CNc2cc(C3CCN(C4CCOCC4)CC3)[nH]n2)s1.Nc1cc(C2CCN(C3CCOCC3)CC2)[nH]n1.O=Cc1ccc(Cl)s1. The van der Waals surface area contributed by atoms with Gasteiger partial charge in [0.2, 0.25) is 0 Å². The average Bonchev–Trinajstić information content (AvgIpc) is 4.01. The average molecular weight is 778 g/mol. The Morgan fingerprint density at radius 1 is 0.765 bits per heavy atom. The van der Waals surface area contributed by atoms with Crippen LogP contribution in [0.25, 0.3) is 0 Å². The number of rotatable bonds is 8. The van der Waals surface area contributed by atoms with Crippen LogP contribution >= 0.6 is 45.9 Å². The summed E-state index contributed by atoms with van der Waals surface area (Å²) in [5, 5.41) is 18.1. The fourth-order valence-corrected chi connectivity index (χ4v) is 9.37. The Morgan fingerprint density at radius 3 is 1.75 bits per heavy atom. The highest BCUT2D eigenvalue weighted by Gasteiger charge is 2.29. The van der Waals surface area contributed by atoms with Crippen LogP contribution < -0.4 is 11.1 Å². The van der Waals surface area contributed by atoms with E-state index >= 15 is 0 Å². The number of ether oxygens (including phenoxy) is 2. The van der Waals surface area contributed by atoms with Gasteiger partial charge < -0.3 is 30.3 Å². The standard InChI is InChI=1S/C18H25ClN4OS.C13H22N4O.C5H3ClOS/c19-17-2-1-15(25-17)12-20-18-11-16(21-22-18)13-3-7-23(8-4-13)14-5-9-24-10-6-14;14-13-9-12(15-16-13)10-1-5-17(6-2-10)11-3-7-18-8-4-11;6-5-2-1-4(3-7)8-5/h1-2,11,13-14H,3-10,12H2,(H2,20,21,22);9-11H,1-8H2,(H3,14,15,16);1-3H. The number of piperidine rings is 2. The number of nitrogens with two attached hydrogens (primary N) is 1. The quantitative estimate of drug-likeness (QED) is 0.133. The monoisotopic (exact) mass is 776 g/mol. The number of aromatic amines is 2. The fourth-order valence-electron chi connectivity index (χ4n) is 7.47. The Balaban J connectivity index is 0.000000150. The normalized spacial score (nSPS) is 20.3. The maximum absolute atomic E-state index is 9.97. The van der Waals surface area contributed by atoms with Gasteiger partial charge in [-0.25, -0.2) is 0 Å². The minimum absolute atomic E-state index is 0.593. The Hall–Kier alpha value is -2.49. The van der Waals surface area contributed by atoms with E-state index in [1.807, 2.05) is 12.1 Å². The molecule has 8 rings (SSSR count). The van der Waals surface area contributed by atoms with Crippen LogP contribution in [0.1, 0.15) is 89.1 Å².